The van der Waals surface area contributed by atoms with Gasteiger partial charge in [-0.1, -0.05) is 67.9 Å². The van der Waals surface area contributed by atoms with Gasteiger partial charge in [0.15, 0.2) is 25.0 Å². The van der Waals surface area contributed by atoms with Crippen LogP contribution in [0, 0.1) is 5.92 Å². The van der Waals surface area contributed by atoms with Crippen LogP contribution in [-0.4, -0.2) is 56.8 Å². The summed E-state index contributed by atoms with van der Waals surface area (Å²) in [7, 11) is -4.55. The Kier molecular flexibility index (Phi) is 11.4. The number of rotatable bonds is 9. The molecule has 0 N–H and O–H groups in total. The molecule has 0 aromatic heterocycles. The van der Waals surface area contributed by atoms with E-state index in [1.54, 1.807) is 6.08 Å². The molecular weight excluding hydrogens is 513 g/mol. The highest BCUT2D eigenvalue weighted by molar-refractivity contribution is 6.75. The molecule has 0 aliphatic heterocycles. The topological polar surface area (TPSA) is 54.0 Å². The molecule has 0 amide bonds. The van der Waals surface area contributed by atoms with Crippen LogP contribution < -0.4 is 0 Å². The van der Waals surface area contributed by atoms with E-state index in [2.05, 4.69) is 102 Å². The van der Waals surface area contributed by atoms with E-state index in [1.807, 2.05) is 0 Å². The Hall–Kier alpha value is -0.259. The molecule has 218 valence electrons. The minimum atomic E-state index is -2.06. The number of hydrogen-bond donors (Lipinski definition) is 0. The summed E-state index contributed by atoms with van der Waals surface area (Å²) >= 11 is 0. The van der Waals surface area contributed by atoms with Crippen LogP contribution in [0.15, 0.2) is 11.6 Å². The van der Waals surface area contributed by atoms with Gasteiger partial charge in [0.2, 0.25) is 0 Å². The number of ether oxygens (including phenoxy) is 1. The third kappa shape index (κ3) is 9.41. The lowest BCUT2D eigenvalue weighted by Crippen LogP contribution is -2.53. The summed E-state index contributed by atoms with van der Waals surface area (Å²) in [6, 6.07) is 0. The van der Waals surface area contributed by atoms with E-state index in [-0.39, 0.29) is 39.2 Å². The molecule has 0 unspecified atom stereocenters. The van der Waals surface area contributed by atoms with Crippen LogP contribution in [0.2, 0.25) is 54.4 Å². The molecule has 1 saturated carbocycles. The lowest BCUT2D eigenvalue weighted by molar-refractivity contribution is -0.134. The smallest absolute Gasteiger partial charge is 0.330 e. The summed E-state index contributed by atoms with van der Waals surface area (Å²) in [5, 5.41) is 0.355. The SMILES string of the molecule is COC(=O)C=C1C[C@@H](O[Si](C)(C)C(C)(C)C)C(CCO[Si](C)(C)C(C)(C)C)[C@H](O[Si](C)(C)C(C)(C)C)C1. The van der Waals surface area contributed by atoms with Crippen molar-refractivity contribution in [3.63, 3.8) is 0 Å². The average Bonchev–Trinajstić information content (AvgIpc) is 2.66. The molecule has 1 aliphatic carbocycles. The van der Waals surface area contributed by atoms with Crippen molar-refractivity contribution in [1.82, 2.24) is 0 Å². The zero-order valence-corrected chi connectivity index (χ0v) is 30.2. The largest absolute Gasteiger partial charge is 0.466 e. The van der Waals surface area contributed by atoms with Crippen molar-refractivity contribution >= 4 is 30.9 Å². The van der Waals surface area contributed by atoms with Crippen molar-refractivity contribution < 1.29 is 22.8 Å². The van der Waals surface area contributed by atoms with Crippen LogP contribution in [0.4, 0.5) is 0 Å². The second kappa shape index (κ2) is 12.1. The molecule has 0 bridgehead atoms. The highest BCUT2D eigenvalue weighted by Crippen LogP contribution is 2.46. The number of methoxy groups -OCH3 is 1. The van der Waals surface area contributed by atoms with Gasteiger partial charge >= 0.3 is 5.97 Å². The molecule has 0 aromatic rings. The standard InChI is InChI=1S/C29H60O5Si3/c1-27(2,3)35(11,12)32-18-17-23-24(33-36(13,14)28(4,5)6)19-22(21-26(30)31-10)20-25(23)34-37(15,16)29(7,8)9/h21,23-25H,17-20H2,1-16H3/t23?,24-,25-/m1/s1. The van der Waals surface area contributed by atoms with Crippen molar-refractivity contribution in [3.8, 4) is 0 Å². The maximum Gasteiger partial charge on any atom is 0.330 e. The van der Waals surface area contributed by atoms with Gasteiger partial charge in [-0.05, 0) is 73.7 Å². The third-order valence-electron chi connectivity index (χ3n) is 9.63. The van der Waals surface area contributed by atoms with Gasteiger partial charge in [-0.25, -0.2) is 4.79 Å². The molecule has 1 fully saturated rings. The highest BCUT2D eigenvalue weighted by atomic mass is 28.4. The van der Waals surface area contributed by atoms with Gasteiger partial charge in [-0.2, -0.15) is 0 Å². The molecule has 0 saturated heterocycles. The van der Waals surface area contributed by atoms with E-state index >= 15 is 0 Å². The number of hydrogen-bond acceptors (Lipinski definition) is 5. The van der Waals surface area contributed by atoms with Gasteiger partial charge in [-0.15, -0.1) is 0 Å². The fourth-order valence-corrected chi connectivity index (χ4v) is 7.69. The van der Waals surface area contributed by atoms with E-state index in [9.17, 15) is 4.79 Å². The van der Waals surface area contributed by atoms with Crippen molar-refractivity contribution in [3.05, 3.63) is 11.6 Å². The first kappa shape index (κ1) is 34.8. The maximum absolute atomic E-state index is 12.3. The highest BCUT2D eigenvalue weighted by Gasteiger charge is 2.48. The molecule has 0 heterocycles. The van der Waals surface area contributed by atoms with Crippen LogP contribution in [0.5, 0.6) is 0 Å². The Morgan fingerprint density at radius 2 is 1.14 bits per heavy atom. The van der Waals surface area contributed by atoms with Crippen LogP contribution in [0.25, 0.3) is 0 Å². The first-order valence-electron chi connectivity index (χ1n) is 14.1. The fraction of sp³-hybridized carbons (Fsp3) is 0.897. The van der Waals surface area contributed by atoms with Crippen molar-refractivity contribution in [1.29, 1.82) is 0 Å². The molecule has 1 rings (SSSR count). The first-order valence-corrected chi connectivity index (χ1v) is 22.8. The van der Waals surface area contributed by atoms with E-state index in [0.717, 1.165) is 24.8 Å². The minimum Gasteiger partial charge on any atom is -0.466 e. The van der Waals surface area contributed by atoms with Gasteiger partial charge in [0.25, 0.3) is 0 Å². The molecule has 37 heavy (non-hydrogen) atoms. The van der Waals surface area contributed by atoms with Crippen molar-refractivity contribution in [2.24, 2.45) is 5.92 Å². The van der Waals surface area contributed by atoms with Crippen molar-refractivity contribution in [2.75, 3.05) is 13.7 Å². The number of carbonyl (C=O) groups is 1. The molecule has 0 aromatic carbocycles. The van der Waals surface area contributed by atoms with Crippen LogP contribution in [-0.2, 0) is 22.8 Å². The Balaban J connectivity index is 3.46. The number of esters is 1. The van der Waals surface area contributed by atoms with Gasteiger partial charge in [0, 0.05) is 18.6 Å². The summed E-state index contributed by atoms with van der Waals surface area (Å²) in [6.07, 6.45) is 4.03. The summed E-state index contributed by atoms with van der Waals surface area (Å²) in [5.41, 5.74) is 1.07. The van der Waals surface area contributed by atoms with E-state index in [0.29, 0.717) is 6.61 Å². The second-order valence-electron chi connectivity index (χ2n) is 15.6. The van der Waals surface area contributed by atoms with E-state index in [4.69, 9.17) is 18.0 Å². The summed E-state index contributed by atoms with van der Waals surface area (Å²) in [4.78, 5) is 12.3. The molecule has 2 atom stereocenters. The lowest BCUT2D eigenvalue weighted by Gasteiger charge is -2.49. The molecular formula is C29H60O5Si3. The van der Waals surface area contributed by atoms with E-state index in [1.165, 1.54) is 7.11 Å². The molecule has 5 nitrogen and oxygen atoms in total. The Labute approximate surface area is 232 Å². The Morgan fingerprint density at radius 1 is 0.757 bits per heavy atom. The Bertz CT molecular complexity index is 758. The van der Waals surface area contributed by atoms with E-state index < -0.39 is 25.0 Å². The van der Waals surface area contributed by atoms with Gasteiger partial charge in [0.05, 0.1) is 19.3 Å². The quantitative estimate of drug-likeness (QED) is 0.157. The summed E-state index contributed by atoms with van der Waals surface area (Å²) in [6.45, 7) is 35.2. The van der Waals surface area contributed by atoms with Gasteiger partial charge in [-0.3, -0.25) is 0 Å². The Morgan fingerprint density at radius 3 is 1.46 bits per heavy atom. The molecule has 1 aliphatic rings. The summed E-state index contributed by atoms with van der Waals surface area (Å²) < 4.78 is 25.9. The summed E-state index contributed by atoms with van der Waals surface area (Å²) in [5.74, 6) is -0.0883. The normalized spacial score (nSPS) is 22.7. The van der Waals surface area contributed by atoms with Gasteiger partial charge < -0.3 is 18.0 Å². The fourth-order valence-electron chi connectivity index (χ4n) is 3.89. The van der Waals surface area contributed by atoms with Crippen LogP contribution in [0.1, 0.15) is 81.6 Å². The second-order valence-corrected chi connectivity index (χ2v) is 30.0. The minimum absolute atomic E-state index is 0.0108. The van der Waals surface area contributed by atoms with Crippen molar-refractivity contribution in [2.45, 2.75) is 148 Å². The predicted molar refractivity (Wildman–Crippen MR) is 165 cm³/mol. The first-order chi connectivity index (χ1) is 16.3. The monoisotopic (exact) mass is 572 g/mol. The molecule has 8 heteroatoms. The zero-order chi connectivity index (χ0) is 29.3. The number of carbonyl (C=O) groups excluding carboxylic acids is 1. The predicted octanol–water partition coefficient (Wildman–Crippen LogP) is 8.69. The molecule has 0 radical (unpaired) electrons. The van der Waals surface area contributed by atoms with Gasteiger partial charge in [0.1, 0.15) is 0 Å². The van der Waals surface area contributed by atoms with Crippen LogP contribution >= 0.6 is 0 Å². The van der Waals surface area contributed by atoms with Crippen LogP contribution in [0.3, 0.4) is 0 Å². The average molecular weight is 573 g/mol. The lowest BCUT2D eigenvalue weighted by atomic mass is 9.79. The third-order valence-corrected chi connectivity index (χ3v) is 23.2. The zero-order valence-electron chi connectivity index (χ0n) is 27.2. The maximum atomic E-state index is 12.3. The molecule has 0 spiro atoms.